The number of hydrogen-bond acceptors (Lipinski definition) is 4. The first kappa shape index (κ1) is 14.0. The molecule has 0 spiro atoms. The summed E-state index contributed by atoms with van der Waals surface area (Å²) in [6, 6.07) is 2.48. The van der Waals surface area contributed by atoms with Crippen molar-refractivity contribution < 1.29 is 0 Å². The van der Waals surface area contributed by atoms with Gasteiger partial charge < -0.3 is 0 Å². The van der Waals surface area contributed by atoms with Crippen LogP contribution in [0.15, 0.2) is 47.1 Å². The van der Waals surface area contributed by atoms with Gasteiger partial charge in [-0.05, 0) is 50.8 Å². The monoisotopic (exact) mass is 314 g/mol. The van der Waals surface area contributed by atoms with E-state index < -0.39 is 0 Å². The van der Waals surface area contributed by atoms with Crippen molar-refractivity contribution in [3.8, 4) is 0 Å². The zero-order valence-corrected chi connectivity index (χ0v) is 13.6. The number of rotatable bonds is 3. The Morgan fingerprint density at radius 1 is 1.32 bits per heavy atom. The SMILES string of the molecule is CC1=CC(c2cncc(Cl)c2)=NC2=CCN([C@@H](C)C3CC3)N12. The number of halogens is 1. The van der Waals surface area contributed by atoms with Crippen molar-refractivity contribution in [1.82, 2.24) is 15.0 Å². The molecule has 0 saturated heterocycles. The molecule has 3 heterocycles. The zero-order valence-electron chi connectivity index (χ0n) is 12.8. The smallest absolute Gasteiger partial charge is 0.145 e. The van der Waals surface area contributed by atoms with Crippen molar-refractivity contribution in [3.63, 3.8) is 0 Å². The van der Waals surface area contributed by atoms with Gasteiger partial charge in [-0.25, -0.2) is 10.0 Å². The molecular formula is C17H19ClN4. The van der Waals surface area contributed by atoms with Crippen LogP contribution in [0.3, 0.4) is 0 Å². The summed E-state index contributed by atoms with van der Waals surface area (Å²) in [4.78, 5) is 8.96. The number of aliphatic imine (C=N–C) groups is 1. The van der Waals surface area contributed by atoms with Crippen molar-refractivity contribution in [3.05, 3.63) is 52.7 Å². The fourth-order valence-corrected chi connectivity index (χ4v) is 3.41. The Morgan fingerprint density at radius 2 is 2.14 bits per heavy atom. The molecule has 0 radical (unpaired) electrons. The van der Waals surface area contributed by atoms with Crippen LogP contribution in [0.25, 0.3) is 0 Å². The van der Waals surface area contributed by atoms with Gasteiger partial charge in [0.2, 0.25) is 0 Å². The van der Waals surface area contributed by atoms with E-state index in [1.165, 1.54) is 18.5 Å². The maximum Gasteiger partial charge on any atom is 0.145 e. The molecule has 5 heteroatoms. The molecule has 1 saturated carbocycles. The number of allylic oxidation sites excluding steroid dienone is 2. The average molecular weight is 315 g/mol. The maximum absolute atomic E-state index is 6.05. The summed E-state index contributed by atoms with van der Waals surface area (Å²) >= 11 is 6.05. The van der Waals surface area contributed by atoms with Gasteiger partial charge in [0.1, 0.15) is 5.82 Å². The van der Waals surface area contributed by atoms with Gasteiger partial charge in [0.05, 0.1) is 10.7 Å². The molecule has 4 nitrogen and oxygen atoms in total. The van der Waals surface area contributed by atoms with Crippen LogP contribution in [0.1, 0.15) is 32.3 Å². The van der Waals surface area contributed by atoms with Crippen molar-refractivity contribution in [1.29, 1.82) is 0 Å². The minimum atomic E-state index is 0.571. The largest absolute Gasteiger partial charge is 0.262 e. The summed E-state index contributed by atoms with van der Waals surface area (Å²) in [5.74, 6) is 1.85. The van der Waals surface area contributed by atoms with Crippen LogP contribution in [0.2, 0.25) is 5.02 Å². The second kappa shape index (κ2) is 5.21. The molecule has 4 rings (SSSR count). The number of nitrogens with zero attached hydrogens (tertiary/aromatic N) is 4. The number of hydrogen-bond donors (Lipinski definition) is 0. The molecule has 1 atom stereocenters. The molecule has 22 heavy (non-hydrogen) atoms. The molecule has 0 N–H and O–H groups in total. The van der Waals surface area contributed by atoms with Gasteiger partial charge >= 0.3 is 0 Å². The number of hydrazine groups is 1. The fourth-order valence-electron chi connectivity index (χ4n) is 3.24. The van der Waals surface area contributed by atoms with E-state index in [4.69, 9.17) is 16.6 Å². The van der Waals surface area contributed by atoms with Crippen molar-refractivity contribution >= 4 is 17.3 Å². The Morgan fingerprint density at radius 3 is 2.86 bits per heavy atom. The highest BCUT2D eigenvalue weighted by molar-refractivity contribution is 6.31. The van der Waals surface area contributed by atoms with Gasteiger partial charge in [-0.1, -0.05) is 11.6 Å². The second-order valence-corrected chi connectivity index (χ2v) is 6.69. The van der Waals surface area contributed by atoms with Crippen molar-refractivity contribution in [2.45, 2.75) is 32.7 Å². The zero-order chi connectivity index (χ0) is 15.3. The van der Waals surface area contributed by atoms with Gasteiger partial charge in [-0.15, -0.1) is 0 Å². The molecule has 1 aromatic heterocycles. The van der Waals surface area contributed by atoms with Gasteiger partial charge in [0.25, 0.3) is 0 Å². The quantitative estimate of drug-likeness (QED) is 0.854. The predicted octanol–water partition coefficient (Wildman–Crippen LogP) is 3.61. The summed E-state index contributed by atoms with van der Waals surface area (Å²) in [5.41, 5.74) is 3.08. The molecule has 2 aliphatic heterocycles. The van der Waals surface area contributed by atoms with E-state index >= 15 is 0 Å². The average Bonchev–Trinajstić information content (AvgIpc) is 3.26. The third kappa shape index (κ3) is 2.36. The van der Waals surface area contributed by atoms with E-state index in [2.05, 4.69) is 41.0 Å². The van der Waals surface area contributed by atoms with Crippen LogP contribution in [-0.4, -0.2) is 33.3 Å². The maximum atomic E-state index is 6.05. The van der Waals surface area contributed by atoms with Crippen LogP contribution < -0.4 is 0 Å². The van der Waals surface area contributed by atoms with Crippen LogP contribution >= 0.6 is 11.6 Å². The Kier molecular flexibility index (Phi) is 3.31. The minimum Gasteiger partial charge on any atom is -0.262 e. The van der Waals surface area contributed by atoms with E-state index in [0.29, 0.717) is 11.1 Å². The fraction of sp³-hybridized carbons (Fsp3) is 0.412. The van der Waals surface area contributed by atoms with Crippen LogP contribution in [0.5, 0.6) is 0 Å². The Labute approximate surface area is 135 Å². The molecular weight excluding hydrogens is 296 g/mol. The van der Waals surface area contributed by atoms with Crippen LogP contribution in [0, 0.1) is 5.92 Å². The Balaban J connectivity index is 1.64. The van der Waals surface area contributed by atoms with E-state index in [1.54, 1.807) is 6.20 Å². The van der Waals surface area contributed by atoms with E-state index in [-0.39, 0.29) is 0 Å². The first-order valence-electron chi connectivity index (χ1n) is 7.78. The number of aromatic nitrogens is 1. The molecule has 0 amide bonds. The van der Waals surface area contributed by atoms with Crippen molar-refractivity contribution in [2.75, 3.05) is 6.54 Å². The molecule has 3 aliphatic rings. The Bertz CT molecular complexity index is 702. The topological polar surface area (TPSA) is 31.7 Å². The minimum absolute atomic E-state index is 0.571. The molecule has 1 aliphatic carbocycles. The lowest BCUT2D eigenvalue weighted by atomic mass is 10.1. The summed E-state index contributed by atoms with van der Waals surface area (Å²) in [7, 11) is 0. The Hall–Kier alpha value is -1.65. The van der Waals surface area contributed by atoms with Crippen molar-refractivity contribution in [2.24, 2.45) is 10.9 Å². The number of fused-ring (bicyclic) bond motifs is 1. The lowest BCUT2D eigenvalue weighted by molar-refractivity contribution is 0.0236. The van der Waals surface area contributed by atoms with Gasteiger partial charge in [0.15, 0.2) is 0 Å². The second-order valence-electron chi connectivity index (χ2n) is 6.25. The van der Waals surface area contributed by atoms with E-state index in [0.717, 1.165) is 29.6 Å². The summed E-state index contributed by atoms with van der Waals surface area (Å²) in [6.45, 7) is 5.39. The summed E-state index contributed by atoms with van der Waals surface area (Å²) in [6.07, 6.45) is 10.5. The highest BCUT2D eigenvalue weighted by atomic mass is 35.5. The summed E-state index contributed by atoms with van der Waals surface area (Å²) < 4.78 is 0. The predicted molar refractivity (Wildman–Crippen MR) is 88.4 cm³/mol. The lowest BCUT2D eigenvalue weighted by Crippen LogP contribution is -2.44. The lowest BCUT2D eigenvalue weighted by Gasteiger charge is -2.37. The standard InChI is InChI=1S/C17H19ClN4/c1-11-7-16(14-8-15(18)10-19-9-14)20-17-5-6-21(22(11)17)12(2)13-3-4-13/h5,7-10,12-13H,3-4,6H2,1-2H3/t12-/m0/s1. The highest BCUT2D eigenvalue weighted by Gasteiger charge is 2.38. The molecule has 0 aromatic carbocycles. The molecule has 1 fully saturated rings. The first-order chi connectivity index (χ1) is 10.6. The summed E-state index contributed by atoms with van der Waals surface area (Å²) in [5, 5.41) is 5.32. The van der Waals surface area contributed by atoms with Gasteiger partial charge in [-0.2, -0.15) is 0 Å². The van der Waals surface area contributed by atoms with Gasteiger partial charge in [0, 0.05) is 36.2 Å². The van der Waals surface area contributed by atoms with Gasteiger partial charge in [-0.3, -0.25) is 9.99 Å². The van der Waals surface area contributed by atoms with Crippen LogP contribution in [-0.2, 0) is 0 Å². The third-order valence-electron chi connectivity index (χ3n) is 4.62. The highest BCUT2D eigenvalue weighted by Crippen LogP contribution is 2.39. The first-order valence-corrected chi connectivity index (χ1v) is 8.16. The molecule has 0 unspecified atom stereocenters. The van der Waals surface area contributed by atoms with Crippen LogP contribution in [0.4, 0.5) is 0 Å². The number of pyridine rings is 1. The third-order valence-corrected chi connectivity index (χ3v) is 4.83. The normalized spacial score (nSPS) is 22.9. The molecule has 114 valence electrons. The van der Waals surface area contributed by atoms with E-state index in [9.17, 15) is 0 Å². The molecule has 1 aromatic rings. The molecule has 0 bridgehead atoms. The van der Waals surface area contributed by atoms with E-state index in [1.807, 2.05) is 12.3 Å².